The molecule has 0 aromatic heterocycles. The van der Waals surface area contributed by atoms with E-state index in [1.807, 2.05) is 6.07 Å². The van der Waals surface area contributed by atoms with Gasteiger partial charge in [0.15, 0.2) is 0 Å². The number of halogens is 1. The second-order valence-electron chi connectivity index (χ2n) is 2.09. The summed E-state index contributed by atoms with van der Waals surface area (Å²) in [5.74, 6) is 0. The van der Waals surface area contributed by atoms with Gasteiger partial charge in [-0.15, -0.1) is 0 Å². The van der Waals surface area contributed by atoms with Gasteiger partial charge in [-0.1, -0.05) is 37.3 Å². The summed E-state index contributed by atoms with van der Waals surface area (Å²) in [6.07, 6.45) is 2.09. The smallest absolute Gasteiger partial charge is 0 e. The van der Waals surface area contributed by atoms with Crippen LogP contribution in [-0.4, -0.2) is 0 Å². The van der Waals surface area contributed by atoms with Gasteiger partial charge in [-0.25, -0.2) is 0 Å². The molecule has 1 aromatic carbocycles. The Morgan fingerprint density at radius 1 is 1.09 bits per heavy atom. The van der Waals surface area contributed by atoms with Crippen molar-refractivity contribution in [3.63, 3.8) is 0 Å². The van der Waals surface area contributed by atoms with Crippen LogP contribution in [0.25, 0.3) is 0 Å². The fourth-order valence-corrected chi connectivity index (χ4v) is 0.849. The molecule has 0 amide bonds. The van der Waals surface area contributed by atoms with Gasteiger partial charge in [0.05, 0.1) is 0 Å². The van der Waals surface area contributed by atoms with Gasteiger partial charge in [-0.2, -0.15) is 0 Å². The van der Waals surface area contributed by atoms with Gasteiger partial charge in [0.25, 0.3) is 0 Å². The van der Waals surface area contributed by atoms with Gasteiger partial charge in [-0.3, -0.25) is 0 Å². The molecule has 0 aliphatic carbocycles. The molecule has 57 valence electrons. The molecule has 0 bridgehead atoms. The molecule has 0 aliphatic heterocycles. The van der Waals surface area contributed by atoms with Crippen molar-refractivity contribution in [3.8, 4) is 0 Å². The van der Waals surface area contributed by atoms with Crippen LogP contribution in [0.1, 0.15) is 12.0 Å². The summed E-state index contributed by atoms with van der Waals surface area (Å²) in [4.78, 5) is 0. The summed E-state index contributed by atoms with van der Waals surface area (Å²) in [5, 5.41) is 0. The maximum atomic E-state index is 3.78. The minimum Gasteiger partial charge on any atom is -1.00 e. The Kier molecular flexibility index (Phi) is 10.6. The van der Waals surface area contributed by atoms with Crippen LogP contribution in [0.5, 0.6) is 0 Å². The van der Waals surface area contributed by atoms with E-state index < -0.39 is 0 Å². The van der Waals surface area contributed by atoms with Crippen LogP contribution in [0.2, 0.25) is 0 Å². The third-order valence-corrected chi connectivity index (χ3v) is 1.31. The zero-order chi connectivity index (χ0) is 6.53. The Morgan fingerprint density at radius 2 is 1.64 bits per heavy atom. The Bertz CT molecular complexity index is 162. The summed E-state index contributed by atoms with van der Waals surface area (Å²) in [7, 11) is 0. The standard InChI is InChI=1S/C9H11.BrH.Zn/c1-2-6-9-7-4-3-5-8-9;;/h3-5,7-8H,1-2,6H2;1H;/p-1. The number of hydrogen-bond acceptors (Lipinski definition) is 0. The Balaban J connectivity index is 0. The summed E-state index contributed by atoms with van der Waals surface area (Å²) >= 11 is 0. The third kappa shape index (κ3) is 5.58. The van der Waals surface area contributed by atoms with Crippen molar-refractivity contribution in [2.75, 3.05) is 0 Å². The van der Waals surface area contributed by atoms with E-state index in [4.69, 9.17) is 0 Å². The molecule has 11 heavy (non-hydrogen) atoms. The molecule has 0 saturated heterocycles. The van der Waals surface area contributed by atoms with Gasteiger partial charge < -0.3 is 17.0 Å². The van der Waals surface area contributed by atoms with E-state index in [2.05, 4.69) is 31.2 Å². The van der Waals surface area contributed by atoms with Crippen molar-refractivity contribution in [1.29, 1.82) is 0 Å². The first kappa shape index (κ1) is 13.9. The van der Waals surface area contributed by atoms with Gasteiger partial charge in [0, 0.05) is 19.5 Å². The van der Waals surface area contributed by atoms with E-state index >= 15 is 0 Å². The van der Waals surface area contributed by atoms with Crippen molar-refractivity contribution in [2.45, 2.75) is 12.8 Å². The molecular weight excluding hydrogens is 253 g/mol. The van der Waals surface area contributed by atoms with Crippen LogP contribution in [0, 0.1) is 6.92 Å². The van der Waals surface area contributed by atoms with Crippen molar-refractivity contribution in [2.24, 2.45) is 0 Å². The second-order valence-corrected chi connectivity index (χ2v) is 2.09. The van der Waals surface area contributed by atoms with Crippen LogP contribution in [0.15, 0.2) is 30.3 Å². The zero-order valence-corrected chi connectivity index (χ0v) is 11.1. The molecule has 0 nitrogen and oxygen atoms in total. The first-order chi connectivity index (χ1) is 4.43. The number of hydrogen-bond donors (Lipinski definition) is 0. The number of rotatable bonds is 2. The molecule has 0 saturated carbocycles. The molecule has 0 heterocycles. The summed E-state index contributed by atoms with van der Waals surface area (Å²) < 4.78 is 0. The SMILES string of the molecule is [Br-].[CH2]CCc1ccccc1.[Zn]. The fraction of sp³-hybridized carbons (Fsp3) is 0.222. The Labute approximate surface area is 91.9 Å². The topological polar surface area (TPSA) is 0 Å². The van der Waals surface area contributed by atoms with Gasteiger partial charge in [0.1, 0.15) is 0 Å². The monoisotopic (exact) mass is 262 g/mol. The van der Waals surface area contributed by atoms with E-state index in [1.165, 1.54) is 5.56 Å². The molecule has 1 radical (unpaired) electrons. The molecule has 2 heteroatoms. The van der Waals surface area contributed by atoms with Crippen LogP contribution in [-0.2, 0) is 25.9 Å². The van der Waals surface area contributed by atoms with Crippen molar-refractivity contribution in [3.05, 3.63) is 42.8 Å². The number of benzene rings is 1. The number of aryl methyl sites for hydroxylation is 1. The van der Waals surface area contributed by atoms with Gasteiger partial charge in [-0.05, 0) is 18.4 Å². The minimum absolute atomic E-state index is 0. The Hall–Kier alpha value is 0.323. The Morgan fingerprint density at radius 3 is 2.09 bits per heavy atom. The van der Waals surface area contributed by atoms with Crippen molar-refractivity contribution >= 4 is 0 Å². The molecular formula is C9H11BrZn-. The molecule has 0 fully saturated rings. The van der Waals surface area contributed by atoms with Crippen molar-refractivity contribution in [1.82, 2.24) is 0 Å². The molecule has 1 rings (SSSR count). The molecule has 0 aliphatic rings. The van der Waals surface area contributed by atoms with Crippen molar-refractivity contribution < 1.29 is 36.5 Å². The quantitative estimate of drug-likeness (QED) is 0.629. The normalized spacial score (nSPS) is 7.73. The van der Waals surface area contributed by atoms with E-state index in [9.17, 15) is 0 Å². The van der Waals surface area contributed by atoms with Crippen LogP contribution in [0.4, 0.5) is 0 Å². The maximum Gasteiger partial charge on any atom is 0 e. The average Bonchev–Trinajstić information content (AvgIpc) is 1.91. The molecule has 0 N–H and O–H groups in total. The third-order valence-electron chi connectivity index (χ3n) is 1.31. The van der Waals surface area contributed by atoms with Gasteiger partial charge >= 0.3 is 0 Å². The molecule has 0 atom stereocenters. The minimum atomic E-state index is 0. The molecule has 0 spiro atoms. The first-order valence-corrected chi connectivity index (χ1v) is 3.26. The van der Waals surface area contributed by atoms with E-state index in [-0.39, 0.29) is 36.5 Å². The largest absolute Gasteiger partial charge is 1.00 e. The van der Waals surface area contributed by atoms with Crippen LogP contribution < -0.4 is 17.0 Å². The molecule has 0 unspecified atom stereocenters. The summed E-state index contributed by atoms with van der Waals surface area (Å²) in [6, 6.07) is 10.4. The van der Waals surface area contributed by atoms with Crippen LogP contribution >= 0.6 is 0 Å². The second kappa shape index (κ2) is 8.42. The summed E-state index contributed by atoms with van der Waals surface area (Å²) in [5.41, 5.74) is 1.38. The van der Waals surface area contributed by atoms with Crippen LogP contribution in [0.3, 0.4) is 0 Å². The predicted molar refractivity (Wildman–Crippen MR) is 40.1 cm³/mol. The van der Waals surface area contributed by atoms with E-state index in [0.29, 0.717) is 0 Å². The molecule has 1 aromatic rings. The van der Waals surface area contributed by atoms with E-state index in [1.54, 1.807) is 0 Å². The van der Waals surface area contributed by atoms with E-state index in [0.717, 1.165) is 12.8 Å². The predicted octanol–water partition coefficient (Wildman–Crippen LogP) is -0.545. The summed E-state index contributed by atoms with van der Waals surface area (Å²) in [6.45, 7) is 3.78. The fourth-order valence-electron chi connectivity index (χ4n) is 0.849. The first-order valence-electron chi connectivity index (χ1n) is 3.26. The van der Waals surface area contributed by atoms with Gasteiger partial charge in [0.2, 0.25) is 0 Å². The average molecular weight is 264 g/mol. The maximum absolute atomic E-state index is 3.78. The zero-order valence-electron chi connectivity index (χ0n) is 6.59.